The lowest BCUT2D eigenvalue weighted by Crippen LogP contribution is -2.07. The molecule has 0 aliphatic carbocycles. The third-order valence-electron chi connectivity index (χ3n) is 4.32. The number of anilines is 1. The standard InChI is InChI=1S/C11H8O4S.C10H9ClN2/c12-7-9-6-5-8-3-1-2-4-10(8)11(9)16(13,14)15;11-9-6-5-7-3-1-2-4-8(7)10(9)13-12/h1-7H,(H,13,14,15);1-6,13H,12H2. The van der Waals surface area contributed by atoms with Gasteiger partial charge in [-0.3, -0.25) is 15.2 Å². The number of fused-ring (bicyclic) bond motifs is 2. The molecule has 0 atom stereocenters. The van der Waals surface area contributed by atoms with Crippen LogP contribution in [0.5, 0.6) is 0 Å². The SMILES string of the molecule is NNc1c(Cl)ccc2ccccc12.O=Cc1ccc2ccccc2c1S(=O)(=O)O. The first kappa shape index (κ1) is 20.8. The third-order valence-corrected chi connectivity index (χ3v) is 5.60. The highest BCUT2D eigenvalue weighted by molar-refractivity contribution is 7.86. The minimum atomic E-state index is -4.40. The fourth-order valence-corrected chi connectivity index (χ4v) is 4.13. The van der Waals surface area contributed by atoms with Crippen LogP contribution in [0.1, 0.15) is 10.4 Å². The number of halogens is 1. The zero-order chi connectivity index (χ0) is 21.0. The fourth-order valence-electron chi connectivity index (χ4n) is 3.03. The van der Waals surface area contributed by atoms with E-state index in [-0.39, 0.29) is 10.5 Å². The second-order valence-electron chi connectivity index (χ2n) is 6.09. The van der Waals surface area contributed by atoms with Crippen LogP contribution < -0.4 is 11.3 Å². The van der Waals surface area contributed by atoms with Crippen LogP contribution in [-0.2, 0) is 10.1 Å². The highest BCUT2D eigenvalue weighted by Crippen LogP contribution is 2.30. The van der Waals surface area contributed by atoms with E-state index in [1.807, 2.05) is 36.4 Å². The van der Waals surface area contributed by atoms with Gasteiger partial charge < -0.3 is 5.43 Å². The van der Waals surface area contributed by atoms with E-state index < -0.39 is 10.1 Å². The average molecular weight is 429 g/mol. The van der Waals surface area contributed by atoms with E-state index in [0.29, 0.717) is 22.1 Å². The maximum Gasteiger partial charge on any atom is 0.295 e. The van der Waals surface area contributed by atoms with Crippen molar-refractivity contribution in [3.63, 3.8) is 0 Å². The largest absolute Gasteiger partial charge is 0.322 e. The van der Waals surface area contributed by atoms with Crippen LogP contribution in [0, 0.1) is 0 Å². The summed E-state index contributed by atoms with van der Waals surface area (Å²) in [5.41, 5.74) is 3.34. The number of benzene rings is 4. The molecule has 0 aliphatic heterocycles. The molecular formula is C21H17ClN2O4S. The zero-order valence-corrected chi connectivity index (χ0v) is 16.6. The van der Waals surface area contributed by atoms with Crippen molar-refractivity contribution in [2.45, 2.75) is 4.90 Å². The van der Waals surface area contributed by atoms with Gasteiger partial charge in [0, 0.05) is 16.3 Å². The highest BCUT2D eigenvalue weighted by atomic mass is 35.5. The molecule has 0 saturated carbocycles. The molecule has 6 nitrogen and oxygen atoms in total. The average Bonchev–Trinajstić information content (AvgIpc) is 2.72. The Balaban J connectivity index is 0.000000169. The van der Waals surface area contributed by atoms with Gasteiger partial charge >= 0.3 is 0 Å². The Bertz CT molecular complexity index is 1310. The predicted octanol–water partition coefficient (Wildman–Crippen LogP) is 4.68. The summed E-state index contributed by atoms with van der Waals surface area (Å²) in [5, 5.41) is 3.80. The van der Waals surface area contributed by atoms with Crippen molar-refractivity contribution in [3.05, 3.63) is 83.4 Å². The van der Waals surface area contributed by atoms with Crippen molar-refractivity contribution in [1.82, 2.24) is 0 Å². The molecule has 0 saturated heterocycles. The number of hydrazine groups is 1. The number of hydrogen-bond donors (Lipinski definition) is 3. The molecule has 0 unspecified atom stereocenters. The Morgan fingerprint density at radius 2 is 1.41 bits per heavy atom. The van der Waals surface area contributed by atoms with Crippen LogP contribution in [0.4, 0.5) is 5.69 Å². The van der Waals surface area contributed by atoms with Gasteiger partial charge in [0.2, 0.25) is 0 Å². The number of nitrogen functional groups attached to an aromatic ring is 1. The van der Waals surface area contributed by atoms with Crippen molar-refractivity contribution in [3.8, 4) is 0 Å². The number of carbonyl (C=O) groups is 1. The molecule has 4 aromatic rings. The molecule has 4 aromatic carbocycles. The molecule has 0 radical (unpaired) electrons. The second kappa shape index (κ2) is 8.59. The monoisotopic (exact) mass is 428 g/mol. The smallest absolute Gasteiger partial charge is 0.295 e. The van der Waals surface area contributed by atoms with E-state index in [4.69, 9.17) is 22.0 Å². The molecule has 0 aromatic heterocycles. The van der Waals surface area contributed by atoms with Crippen LogP contribution in [0.25, 0.3) is 21.5 Å². The summed E-state index contributed by atoms with van der Waals surface area (Å²) in [4.78, 5) is 10.4. The number of carbonyl (C=O) groups excluding carboxylic acids is 1. The van der Waals surface area contributed by atoms with Crippen molar-refractivity contribution in [1.29, 1.82) is 0 Å². The normalized spacial score (nSPS) is 11.0. The number of aldehydes is 1. The van der Waals surface area contributed by atoms with Crippen LogP contribution in [0.3, 0.4) is 0 Å². The summed E-state index contributed by atoms with van der Waals surface area (Å²) < 4.78 is 31.6. The van der Waals surface area contributed by atoms with E-state index in [2.05, 4.69) is 5.43 Å². The van der Waals surface area contributed by atoms with Gasteiger partial charge in [0.05, 0.1) is 10.7 Å². The Morgan fingerprint density at radius 3 is 2.00 bits per heavy atom. The summed E-state index contributed by atoms with van der Waals surface area (Å²) >= 11 is 5.96. The van der Waals surface area contributed by atoms with Crippen molar-refractivity contribution >= 4 is 55.2 Å². The molecule has 0 heterocycles. The maximum atomic E-state index is 11.2. The van der Waals surface area contributed by atoms with Gasteiger partial charge in [-0.2, -0.15) is 8.42 Å². The van der Waals surface area contributed by atoms with E-state index in [1.54, 1.807) is 30.3 Å². The first-order valence-electron chi connectivity index (χ1n) is 8.45. The second-order valence-corrected chi connectivity index (χ2v) is 7.85. The molecular weight excluding hydrogens is 412 g/mol. The summed E-state index contributed by atoms with van der Waals surface area (Å²) in [6, 6.07) is 21.4. The molecule has 0 aliphatic rings. The molecule has 0 amide bonds. The summed E-state index contributed by atoms with van der Waals surface area (Å²) in [6.07, 6.45) is 0.412. The van der Waals surface area contributed by atoms with E-state index >= 15 is 0 Å². The zero-order valence-electron chi connectivity index (χ0n) is 15.0. The minimum absolute atomic E-state index is 0.0406. The number of rotatable bonds is 3. The minimum Gasteiger partial charge on any atom is -0.322 e. The summed E-state index contributed by atoms with van der Waals surface area (Å²) in [6.45, 7) is 0. The van der Waals surface area contributed by atoms with Crippen LogP contribution >= 0.6 is 11.6 Å². The van der Waals surface area contributed by atoms with Crippen LogP contribution in [0.15, 0.2) is 77.7 Å². The first-order chi connectivity index (χ1) is 13.9. The van der Waals surface area contributed by atoms with E-state index in [0.717, 1.165) is 16.5 Å². The van der Waals surface area contributed by atoms with Gasteiger partial charge in [0.25, 0.3) is 10.1 Å². The lowest BCUT2D eigenvalue weighted by atomic mass is 10.1. The molecule has 0 fully saturated rings. The van der Waals surface area contributed by atoms with Gasteiger partial charge in [0.15, 0.2) is 6.29 Å². The van der Waals surface area contributed by atoms with Gasteiger partial charge in [-0.15, -0.1) is 0 Å². The Labute approximate surface area is 172 Å². The van der Waals surface area contributed by atoms with E-state index in [9.17, 15) is 13.2 Å². The summed E-state index contributed by atoms with van der Waals surface area (Å²) in [7, 11) is -4.40. The molecule has 29 heavy (non-hydrogen) atoms. The number of hydrogen-bond acceptors (Lipinski definition) is 5. The fraction of sp³-hybridized carbons (Fsp3) is 0. The topological polar surface area (TPSA) is 109 Å². The third kappa shape index (κ3) is 4.38. The van der Waals surface area contributed by atoms with Gasteiger partial charge in [-0.1, -0.05) is 72.3 Å². The molecule has 148 valence electrons. The Kier molecular flexibility index (Phi) is 6.14. The van der Waals surface area contributed by atoms with E-state index in [1.165, 1.54) is 6.07 Å². The molecule has 4 N–H and O–H groups in total. The van der Waals surface area contributed by atoms with Gasteiger partial charge in [-0.25, -0.2) is 0 Å². The highest BCUT2D eigenvalue weighted by Gasteiger charge is 2.18. The van der Waals surface area contributed by atoms with Crippen LogP contribution in [-0.4, -0.2) is 19.3 Å². The molecule has 0 spiro atoms. The molecule has 0 bridgehead atoms. The lowest BCUT2D eigenvalue weighted by molar-refractivity contribution is 0.112. The quantitative estimate of drug-likeness (QED) is 0.189. The number of nitrogens with two attached hydrogens (primary N) is 1. The van der Waals surface area contributed by atoms with Crippen molar-refractivity contribution in [2.24, 2.45) is 5.84 Å². The Hall–Kier alpha value is -2.97. The molecule has 4 rings (SSSR count). The van der Waals surface area contributed by atoms with Crippen molar-refractivity contribution < 1.29 is 17.8 Å². The summed E-state index contributed by atoms with van der Waals surface area (Å²) in [5.74, 6) is 5.38. The maximum absolute atomic E-state index is 11.2. The van der Waals surface area contributed by atoms with Gasteiger partial charge in [-0.05, 0) is 22.9 Å². The lowest BCUT2D eigenvalue weighted by Gasteiger charge is -2.07. The van der Waals surface area contributed by atoms with Crippen molar-refractivity contribution in [2.75, 3.05) is 5.43 Å². The Morgan fingerprint density at radius 1 is 0.862 bits per heavy atom. The number of nitrogens with one attached hydrogen (secondary N) is 1. The predicted molar refractivity (Wildman–Crippen MR) is 116 cm³/mol. The first-order valence-corrected chi connectivity index (χ1v) is 10.3. The molecule has 8 heteroatoms. The van der Waals surface area contributed by atoms with Gasteiger partial charge in [0.1, 0.15) is 4.90 Å². The van der Waals surface area contributed by atoms with Crippen LogP contribution in [0.2, 0.25) is 5.02 Å².